The van der Waals surface area contributed by atoms with Crippen LogP contribution in [-0.2, 0) is 27.8 Å². The summed E-state index contributed by atoms with van der Waals surface area (Å²) in [7, 11) is 3.15. The molecule has 3 aromatic rings. The van der Waals surface area contributed by atoms with Crippen LogP contribution in [-0.4, -0.2) is 40.6 Å². The molecule has 190 valence electrons. The maximum atomic E-state index is 13.9. The van der Waals surface area contributed by atoms with Crippen LogP contribution in [0.3, 0.4) is 0 Å². The average Bonchev–Trinajstić information content (AvgIpc) is 3.51. The molecule has 0 radical (unpaired) electrons. The van der Waals surface area contributed by atoms with Gasteiger partial charge in [-0.2, -0.15) is 5.10 Å². The summed E-state index contributed by atoms with van der Waals surface area (Å²) < 4.78 is 6.52. The molecule has 1 saturated carbocycles. The molecule has 1 aliphatic rings. The first kappa shape index (κ1) is 25.8. The van der Waals surface area contributed by atoms with Crippen LogP contribution in [0.4, 0.5) is 0 Å². The van der Waals surface area contributed by atoms with Crippen LogP contribution in [0, 0.1) is 6.92 Å². The second kappa shape index (κ2) is 11.6. The van der Waals surface area contributed by atoms with Crippen LogP contribution in [0.1, 0.15) is 76.0 Å². The maximum absolute atomic E-state index is 13.9. The minimum Gasteiger partial charge on any atom is -0.465 e. The van der Waals surface area contributed by atoms with Gasteiger partial charge in [0.15, 0.2) is 0 Å². The Morgan fingerprint density at radius 3 is 2.42 bits per heavy atom. The molecule has 4 rings (SSSR count). The molecule has 0 aliphatic heterocycles. The van der Waals surface area contributed by atoms with Gasteiger partial charge in [-0.05, 0) is 48.9 Å². The lowest BCUT2D eigenvalue weighted by atomic mass is 9.77. The number of hydrogen-bond acceptors (Lipinski definition) is 6. The quantitative estimate of drug-likeness (QED) is 0.424. The van der Waals surface area contributed by atoms with Crippen molar-refractivity contribution in [1.29, 1.82) is 0 Å². The van der Waals surface area contributed by atoms with Gasteiger partial charge in [-0.1, -0.05) is 37.5 Å². The number of benzene rings is 1. The summed E-state index contributed by atoms with van der Waals surface area (Å²) in [6, 6.07) is 10.8. The fraction of sp³-hybridized carbons (Fsp3) is 0.429. The van der Waals surface area contributed by atoms with Crippen molar-refractivity contribution < 1.29 is 19.1 Å². The van der Waals surface area contributed by atoms with E-state index in [2.05, 4.69) is 10.4 Å². The Bertz CT molecular complexity index is 1190. The molecular formula is C28H33N3O4S. The Balaban J connectivity index is 1.76. The Kier molecular flexibility index (Phi) is 8.36. The van der Waals surface area contributed by atoms with Gasteiger partial charge < -0.3 is 10.1 Å². The summed E-state index contributed by atoms with van der Waals surface area (Å²) in [6.07, 6.45) is 7.35. The number of carbonyl (C=O) groups excluding carboxylic acids is 3. The van der Waals surface area contributed by atoms with E-state index in [1.807, 2.05) is 37.7 Å². The van der Waals surface area contributed by atoms with Crippen LogP contribution >= 0.6 is 11.3 Å². The van der Waals surface area contributed by atoms with Crippen molar-refractivity contribution in [2.24, 2.45) is 7.05 Å². The largest absolute Gasteiger partial charge is 0.465 e. The molecule has 0 saturated heterocycles. The number of nitrogens with zero attached hydrogens (tertiary/aromatic N) is 2. The van der Waals surface area contributed by atoms with Crippen LogP contribution in [0.25, 0.3) is 0 Å². The molecule has 1 aliphatic carbocycles. The fourth-order valence-corrected chi connectivity index (χ4v) is 5.85. The molecule has 0 spiro atoms. The Hall–Kier alpha value is -3.26. The first-order valence-corrected chi connectivity index (χ1v) is 13.3. The van der Waals surface area contributed by atoms with Gasteiger partial charge in [-0.3, -0.25) is 14.3 Å². The van der Waals surface area contributed by atoms with E-state index in [-0.39, 0.29) is 24.2 Å². The second-order valence-electron chi connectivity index (χ2n) is 9.48. The fourth-order valence-electron chi connectivity index (χ4n) is 5.14. The van der Waals surface area contributed by atoms with Crippen molar-refractivity contribution in [3.63, 3.8) is 0 Å². The highest BCUT2D eigenvalue weighted by Gasteiger charge is 2.39. The second-order valence-corrected chi connectivity index (χ2v) is 10.5. The van der Waals surface area contributed by atoms with Crippen molar-refractivity contribution in [3.05, 3.63) is 75.2 Å². The summed E-state index contributed by atoms with van der Waals surface area (Å²) in [5, 5.41) is 9.69. The van der Waals surface area contributed by atoms with E-state index in [0.29, 0.717) is 11.1 Å². The number of amides is 1. The molecule has 1 fully saturated rings. The summed E-state index contributed by atoms with van der Waals surface area (Å²) in [6.45, 7) is 1.87. The van der Waals surface area contributed by atoms with Crippen molar-refractivity contribution in [3.8, 4) is 0 Å². The van der Waals surface area contributed by atoms with Crippen molar-refractivity contribution >= 4 is 29.0 Å². The molecule has 0 bridgehead atoms. The summed E-state index contributed by atoms with van der Waals surface area (Å²) in [5.41, 5.74) is 2.55. The van der Waals surface area contributed by atoms with E-state index in [9.17, 15) is 14.4 Å². The SMILES string of the molecule is COC(=O)c1ccc([C@@H](C(=O)Cc2cccs2)[C@@H](C(=O)NC2CCCCC2)c2cn(C)nc2C)cc1. The number of aryl methyl sites for hydroxylation is 2. The number of hydrogen-bond donors (Lipinski definition) is 1. The van der Waals surface area contributed by atoms with E-state index in [4.69, 9.17) is 4.74 Å². The van der Waals surface area contributed by atoms with E-state index in [1.54, 1.807) is 28.9 Å². The normalized spacial score (nSPS) is 15.8. The third-order valence-electron chi connectivity index (χ3n) is 6.92. The summed E-state index contributed by atoms with van der Waals surface area (Å²) in [5.74, 6) is -2.12. The minimum absolute atomic E-state index is 0.0460. The van der Waals surface area contributed by atoms with Crippen molar-refractivity contribution in [2.75, 3.05) is 7.11 Å². The van der Waals surface area contributed by atoms with Gasteiger partial charge in [0.1, 0.15) is 5.78 Å². The lowest BCUT2D eigenvalue weighted by Gasteiger charge is -2.29. The first-order valence-electron chi connectivity index (χ1n) is 12.4. The zero-order valence-electron chi connectivity index (χ0n) is 21.0. The van der Waals surface area contributed by atoms with Gasteiger partial charge in [0, 0.05) is 36.1 Å². The monoisotopic (exact) mass is 507 g/mol. The minimum atomic E-state index is -0.739. The standard InChI is InChI=1S/C28H33N3O4S/c1-18-23(17-31(2)30-18)26(27(33)29-21-8-5-4-6-9-21)25(24(32)16-22-10-7-15-36-22)19-11-13-20(14-12-19)28(34)35-3/h7,10-15,17,21,25-26H,4-6,8-9,16H2,1-3H3,(H,29,33)/t25-,26-/m0/s1. The number of esters is 1. The third-order valence-corrected chi connectivity index (χ3v) is 7.80. The zero-order valence-corrected chi connectivity index (χ0v) is 21.8. The number of ether oxygens (including phenoxy) is 1. The number of rotatable bonds is 9. The molecule has 1 aromatic carbocycles. The highest BCUT2D eigenvalue weighted by molar-refractivity contribution is 7.10. The predicted octanol–water partition coefficient (Wildman–Crippen LogP) is 4.70. The lowest BCUT2D eigenvalue weighted by Crippen LogP contribution is -2.42. The number of ketones is 1. The number of thiophene rings is 1. The zero-order chi connectivity index (χ0) is 25.7. The third kappa shape index (κ3) is 5.93. The molecule has 1 amide bonds. The summed E-state index contributed by atoms with van der Waals surface area (Å²) >= 11 is 1.53. The maximum Gasteiger partial charge on any atom is 0.337 e. The molecule has 2 aromatic heterocycles. The average molecular weight is 508 g/mol. The molecular weight excluding hydrogens is 474 g/mol. The molecule has 0 unspecified atom stereocenters. The molecule has 36 heavy (non-hydrogen) atoms. The van der Waals surface area contributed by atoms with Crippen LogP contribution in [0.2, 0.25) is 0 Å². The Morgan fingerprint density at radius 2 is 1.83 bits per heavy atom. The topological polar surface area (TPSA) is 90.3 Å². The highest BCUT2D eigenvalue weighted by Crippen LogP contribution is 2.37. The van der Waals surface area contributed by atoms with Gasteiger partial charge >= 0.3 is 5.97 Å². The van der Waals surface area contributed by atoms with Gasteiger partial charge in [0.25, 0.3) is 0 Å². The predicted molar refractivity (Wildman–Crippen MR) is 139 cm³/mol. The van der Waals surface area contributed by atoms with Crippen LogP contribution < -0.4 is 5.32 Å². The van der Waals surface area contributed by atoms with Gasteiger partial charge in [0.2, 0.25) is 5.91 Å². The van der Waals surface area contributed by atoms with Gasteiger partial charge in [-0.25, -0.2) is 4.79 Å². The summed E-state index contributed by atoms with van der Waals surface area (Å²) in [4.78, 5) is 40.8. The van der Waals surface area contributed by atoms with Crippen molar-refractivity contribution in [2.45, 2.75) is 63.3 Å². The molecule has 2 atom stereocenters. The number of Topliss-reactive ketones (excluding diaryl/α,β-unsaturated/α-hetero) is 1. The van der Waals surface area contributed by atoms with E-state index < -0.39 is 17.8 Å². The van der Waals surface area contributed by atoms with Crippen LogP contribution in [0.15, 0.2) is 48.0 Å². The first-order chi connectivity index (χ1) is 17.4. The highest BCUT2D eigenvalue weighted by atomic mass is 32.1. The molecule has 8 heteroatoms. The smallest absolute Gasteiger partial charge is 0.337 e. The molecule has 2 heterocycles. The van der Waals surface area contributed by atoms with Crippen LogP contribution in [0.5, 0.6) is 0 Å². The van der Waals surface area contributed by atoms with E-state index >= 15 is 0 Å². The number of methoxy groups -OCH3 is 1. The number of aromatic nitrogens is 2. The lowest BCUT2D eigenvalue weighted by molar-refractivity contribution is -0.128. The Labute approximate surface area is 215 Å². The van der Waals surface area contributed by atoms with E-state index in [0.717, 1.165) is 41.8 Å². The van der Waals surface area contributed by atoms with E-state index in [1.165, 1.54) is 24.9 Å². The van der Waals surface area contributed by atoms with Gasteiger partial charge in [-0.15, -0.1) is 11.3 Å². The molecule has 1 N–H and O–H groups in total. The number of nitrogens with one attached hydrogen (secondary N) is 1. The Morgan fingerprint density at radius 1 is 1.11 bits per heavy atom. The van der Waals surface area contributed by atoms with Gasteiger partial charge in [0.05, 0.1) is 30.2 Å². The number of carbonyl (C=O) groups is 3. The van der Waals surface area contributed by atoms with Crippen molar-refractivity contribution in [1.82, 2.24) is 15.1 Å². The molecule has 7 nitrogen and oxygen atoms in total.